The fraction of sp³-hybridized carbons (Fsp3) is 0.611. The maximum absolute atomic E-state index is 12.7. The normalized spacial score (nSPS) is 21.1. The Kier molecular flexibility index (Phi) is 5.98. The summed E-state index contributed by atoms with van der Waals surface area (Å²) in [5.41, 5.74) is 7.32. The number of amides is 1. The van der Waals surface area contributed by atoms with E-state index in [0.29, 0.717) is 5.92 Å². The standard InChI is InChI=1S/C18H29N3O/c1-4-20(3)12-15-10-11-21(13-15)18(22)14(2)17(19)16-8-6-5-7-9-16/h5-9,14-15,17H,4,10-13,19H2,1-3H3. The van der Waals surface area contributed by atoms with Gasteiger partial charge in [0.2, 0.25) is 5.91 Å². The van der Waals surface area contributed by atoms with E-state index in [1.807, 2.05) is 42.2 Å². The van der Waals surface area contributed by atoms with Crippen molar-refractivity contribution in [2.45, 2.75) is 26.3 Å². The van der Waals surface area contributed by atoms with Crippen LogP contribution in [0, 0.1) is 11.8 Å². The number of hydrogen-bond acceptors (Lipinski definition) is 3. The molecule has 1 aromatic rings. The zero-order valence-corrected chi connectivity index (χ0v) is 14.0. The summed E-state index contributed by atoms with van der Waals surface area (Å²) in [6, 6.07) is 9.68. The molecule has 122 valence electrons. The average molecular weight is 303 g/mol. The quantitative estimate of drug-likeness (QED) is 0.876. The topological polar surface area (TPSA) is 49.6 Å². The summed E-state index contributed by atoms with van der Waals surface area (Å²) < 4.78 is 0. The van der Waals surface area contributed by atoms with Gasteiger partial charge in [-0.15, -0.1) is 0 Å². The van der Waals surface area contributed by atoms with Gasteiger partial charge >= 0.3 is 0 Å². The molecule has 3 atom stereocenters. The van der Waals surface area contributed by atoms with Crippen LogP contribution in [0.2, 0.25) is 0 Å². The smallest absolute Gasteiger partial charge is 0.227 e. The first-order valence-electron chi connectivity index (χ1n) is 8.30. The summed E-state index contributed by atoms with van der Waals surface area (Å²) in [6.45, 7) is 7.98. The minimum Gasteiger partial charge on any atom is -0.342 e. The van der Waals surface area contributed by atoms with Crippen molar-refractivity contribution < 1.29 is 4.79 Å². The highest BCUT2D eigenvalue weighted by molar-refractivity contribution is 5.79. The lowest BCUT2D eigenvalue weighted by Gasteiger charge is -2.26. The van der Waals surface area contributed by atoms with E-state index in [1.165, 1.54) is 0 Å². The van der Waals surface area contributed by atoms with Gasteiger partial charge in [-0.05, 0) is 31.5 Å². The highest BCUT2D eigenvalue weighted by atomic mass is 16.2. The fourth-order valence-corrected chi connectivity index (χ4v) is 3.16. The zero-order chi connectivity index (χ0) is 16.1. The van der Waals surface area contributed by atoms with E-state index in [0.717, 1.165) is 38.2 Å². The van der Waals surface area contributed by atoms with Crippen molar-refractivity contribution in [2.75, 3.05) is 33.2 Å². The van der Waals surface area contributed by atoms with E-state index in [2.05, 4.69) is 18.9 Å². The zero-order valence-electron chi connectivity index (χ0n) is 14.0. The Morgan fingerprint density at radius 2 is 2.09 bits per heavy atom. The van der Waals surface area contributed by atoms with Crippen molar-refractivity contribution >= 4 is 5.91 Å². The summed E-state index contributed by atoms with van der Waals surface area (Å²) in [5, 5.41) is 0. The predicted molar refractivity (Wildman–Crippen MR) is 90.4 cm³/mol. The Morgan fingerprint density at radius 3 is 2.73 bits per heavy atom. The Hall–Kier alpha value is -1.39. The number of hydrogen-bond donors (Lipinski definition) is 1. The highest BCUT2D eigenvalue weighted by Crippen LogP contribution is 2.25. The van der Waals surface area contributed by atoms with Crippen LogP contribution in [0.4, 0.5) is 0 Å². The van der Waals surface area contributed by atoms with Crippen molar-refractivity contribution in [1.29, 1.82) is 0 Å². The van der Waals surface area contributed by atoms with Gasteiger partial charge in [-0.25, -0.2) is 0 Å². The predicted octanol–water partition coefficient (Wildman–Crippen LogP) is 2.12. The van der Waals surface area contributed by atoms with Crippen LogP contribution in [0.3, 0.4) is 0 Å². The SMILES string of the molecule is CCN(C)CC1CCN(C(=O)C(C)C(N)c2ccccc2)C1. The van der Waals surface area contributed by atoms with Crippen LogP contribution in [0.15, 0.2) is 30.3 Å². The maximum atomic E-state index is 12.7. The van der Waals surface area contributed by atoms with E-state index >= 15 is 0 Å². The minimum atomic E-state index is -0.230. The number of carbonyl (C=O) groups excluding carboxylic acids is 1. The maximum Gasteiger partial charge on any atom is 0.227 e. The molecule has 3 unspecified atom stereocenters. The van der Waals surface area contributed by atoms with Gasteiger partial charge in [-0.1, -0.05) is 44.2 Å². The molecular weight excluding hydrogens is 274 g/mol. The number of benzene rings is 1. The first kappa shape index (κ1) is 17.0. The number of nitrogens with zero attached hydrogens (tertiary/aromatic N) is 2. The van der Waals surface area contributed by atoms with E-state index < -0.39 is 0 Å². The molecule has 1 amide bonds. The second-order valence-corrected chi connectivity index (χ2v) is 6.52. The van der Waals surface area contributed by atoms with Gasteiger partial charge in [0.25, 0.3) is 0 Å². The van der Waals surface area contributed by atoms with Crippen LogP contribution >= 0.6 is 0 Å². The molecule has 0 aliphatic carbocycles. The number of rotatable bonds is 6. The summed E-state index contributed by atoms with van der Waals surface area (Å²) in [5.74, 6) is 0.608. The van der Waals surface area contributed by atoms with Crippen LogP contribution in [0.25, 0.3) is 0 Å². The largest absolute Gasteiger partial charge is 0.342 e. The van der Waals surface area contributed by atoms with Crippen molar-refractivity contribution in [1.82, 2.24) is 9.80 Å². The van der Waals surface area contributed by atoms with Crippen LogP contribution in [0.1, 0.15) is 31.9 Å². The molecule has 0 saturated carbocycles. The molecule has 1 aliphatic rings. The number of nitrogens with two attached hydrogens (primary N) is 1. The molecule has 1 aromatic carbocycles. The molecule has 0 radical (unpaired) electrons. The summed E-state index contributed by atoms with van der Waals surface area (Å²) in [6.07, 6.45) is 1.10. The van der Waals surface area contributed by atoms with E-state index in [4.69, 9.17) is 5.73 Å². The lowest BCUT2D eigenvalue weighted by molar-refractivity contribution is -0.134. The third kappa shape index (κ3) is 4.08. The van der Waals surface area contributed by atoms with E-state index in [1.54, 1.807) is 0 Å². The van der Waals surface area contributed by atoms with E-state index in [-0.39, 0.29) is 17.9 Å². The van der Waals surface area contributed by atoms with Gasteiger partial charge < -0.3 is 15.5 Å². The average Bonchev–Trinajstić information content (AvgIpc) is 3.01. The highest BCUT2D eigenvalue weighted by Gasteiger charge is 2.32. The molecule has 4 nitrogen and oxygen atoms in total. The number of likely N-dealkylation sites (tertiary alicyclic amines) is 1. The monoisotopic (exact) mass is 303 g/mol. The molecule has 1 saturated heterocycles. The van der Waals surface area contributed by atoms with E-state index in [9.17, 15) is 4.79 Å². The Labute approximate surface area is 134 Å². The molecular formula is C18H29N3O. The van der Waals surface area contributed by atoms with Crippen molar-refractivity contribution in [2.24, 2.45) is 17.6 Å². The lowest BCUT2D eigenvalue weighted by Crippen LogP contribution is -2.38. The van der Waals surface area contributed by atoms with Crippen LogP contribution < -0.4 is 5.73 Å². The molecule has 1 aliphatic heterocycles. The molecule has 0 aromatic heterocycles. The molecule has 1 fully saturated rings. The third-order valence-electron chi connectivity index (χ3n) is 4.82. The van der Waals surface area contributed by atoms with Crippen molar-refractivity contribution in [3.05, 3.63) is 35.9 Å². The minimum absolute atomic E-state index is 0.176. The van der Waals surface area contributed by atoms with Crippen LogP contribution in [-0.4, -0.2) is 48.9 Å². The molecule has 2 N–H and O–H groups in total. The number of carbonyl (C=O) groups is 1. The van der Waals surface area contributed by atoms with Gasteiger partial charge in [0.1, 0.15) is 0 Å². The lowest BCUT2D eigenvalue weighted by atomic mass is 9.94. The molecule has 4 heteroatoms. The van der Waals surface area contributed by atoms with Gasteiger partial charge in [-0.3, -0.25) is 4.79 Å². The second-order valence-electron chi connectivity index (χ2n) is 6.52. The van der Waals surface area contributed by atoms with Crippen LogP contribution in [-0.2, 0) is 4.79 Å². The molecule has 0 bridgehead atoms. The molecule has 0 spiro atoms. The first-order chi connectivity index (χ1) is 10.5. The summed E-state index contributed by atoms with van der Waals surface area (Å²) >= 11 is 0. The van der Waals surface area contributed by atoms with Gasteiger partial charge in [0, 0.05) is 25.7 Å². The second kappa shape index (κ2) is 7.75. The van der Waals surface area contributed by atoms with Crippen LogP contribution in [0.5, 0.6) is 0 Å². The Balaban J connectivity index is 1.91. The molecule has 22 heavy (non-hydrogen) atoms. The van der Waals surface area contributed by atoms with Crippen molar-refractivity contribution in [3.8, 4) is 0 Å². The Morgan fingerprint density at radius 1 is 1.41 bits per heavy atom. The molecule has 1 heterocycles. The first-order valence-corrected chi connectivity index (χ1v) is 8.30. The summed E-state index contributed by atoms with van der Waals surface area (Å²) in [4.78, 5) is 17.0. The van der Waals surface area contributed by atoms with Gasteiger partial charge in [-0.2, -0.15) is 0 Å². The summed E-state index contributed by atoms with van der Waals surface area (Å²) in [7, 11) is 2.14. The van der Waals surface area contributed by atoms with Crippen molar-refractivity contribution in [3.63, 3.8) is 0 Å². The van der Waals surface area contributed by atoms with Gasteiger partial charge in [0.15, 0.2) is 0 Å². The Bertz CT molecular complexity index is 476. The molecule has 2 rings (SSSR count). The van der Waals surface area contributed by atoms with Gasteiger partial charge in [0.05, 0.1) is 5.92 Å². The third-order valence-corrected chi connectivity index (χ3v) is 4.82. The fourth-order valence-electron chi connectivity index (χ4n) is 3.16.